The number of nitrogens with two attached hydrogens (primary N) is 1. The highest BCUT2D eigenvalue weighted by molar-refractivity contribution is 9.11. The zero-order valence-electron chi connectivity index (χ0n) is 8.50. The lowest BCUT2D eigenvalue weighted by Gasteiger charge is -2.08. The molecule has 0 spiro atoms. The highest BCUT2D eigenvalue weighted by Gasteiger charge is 2.14. The van der Waals surface area contributed by atoms with E-state index in [4.69, 9.17) is 5.73 Å². The van der Waals surface area contributed by atoms with Crippen molar-refractivity contribution < 1.29 is 4.79 Å². The standard InChI is InChI=1S/C10H8Br2N4O/c11-5-2-1-3-6(12)8(5)15-10(17)9-7(13)4-14-16-9/h1-4H,13H2,(H,14,16)(H,15,17). The molecule has 1 heterocycles. The number of nitrogen functional groups attached to an aromatic ring is 1. The van der Waals surface area contributed by atoms with Crippen LogP contribution in [-0.4, -0.2) is 16.1 Å². The number of nitrogens with one attached hydrogen (secondary N) is 2. The summed E-state index contributed by atoms with van der Waals surface area (Å²) < 4.78 is 1.55. The molecule has 1 aromatic heterocycles. The van der Waals surface area contributed by atoms with Gasteiger partial charge in [0.1, 0.15) is 5.69 Å². The summed E-state index contributed by atoms with van der Waals surface area (Å²) in [5, 5.41) is 8.98. The Balaban J connectivity index is 2.28. The Bertz CT molecular complexity index is 547. The second kappa shape index (κ2) is 4.89. The average Bonchev–Trinajstić information content (AvgIpc) is 2.70. The van der Waals surface area contributed by atoms with Crippen molar-refractivity contribution in [1.82, 2.24) is 10.2 Å². The number of carbonyl (C=O) groups excluding carboxylic acids is 1. The van der Waals surface area contributed by atoms with Gasteiger partial charge in [-0.1, -0.05) is 6.07 Å². The molecule has 1 aromatic carbocycles. The van der Waals surface area contributed by atoms with Crippen LogP contribution in [0, 0.1) is 0 Å². The van der Waals surface area contributed by atoms with Gasteiger partial charge >= 0.3 is 0 Å². The van der Waals surface area contributed by atoms with Crippen LogP contribution in [-0.2, 0) is 0 Å². The SMILES string of the molecule is Nc1cn[nH]c1C(=O)Nc1c(Br)cccc1Br. The number of nitrogens with zero attached hydrogens (tertiary/aromatic N) is 1. The van der Waals surface area contributed by atoms with Gasteiger partial charge in [-0.25, -0.2) is 0 Å². The first-order valence-corrected chi connectivity index (χ1v) is 6.22. The van der Waals surface area contributed by atoms with Crippen LogP contribution >= 0.6 is 31.9 Å². The van der Waals surface area contributed by atoms with Crippen molar-refractivity contribution in [3.63, 3.8) is 0 Å². The zero-order chi connectivity index (χ0) is 12.4. The second-order valence-corrected chi connectivity index (χ2v) is 4.96. The van der Waals surface area contributed by atoms with Crippen molar-refractivity contribution in [3.05, 3.63) is 39.0 Å². The lowest BCUT2D eigenvalue weighted by atomic mass is 10.3. The molecule has 5 nitrogen and oxygen atoms in total. The third-order valence-corrected chi connectivity index (χ3v) is 3.42. The van der Waals surface area contributed by atoms with E-state index in [0.717, 1.165) is 8.95 Å². The van der Waals surface area contributed by atoms with E-state index in [9.17, 15) is 4.79 Å². The molecule has 0 bridgehead atoms. The maximum absolute atomic E-state index is 11.9. The molecule has 0 aliphatic carbocycles. The molecule has 0 fully saturated rings. The molecule has 0 unspecified atom stereocenters. The summed E-state index contributed by atoms with van der Waals surface area (Å²) in [5.41, 5.74) is 6.79. The number of aromatic amines is 1. The van der Waals surface area contributed by atoms with E-state index in [1.807, 2.05) is 18.2 Å². The molecule has 2 rings (SSSR count). The average molecular weight is 360 g/mol. The lowest BCUT2D eigenvalue weighted by Crippen LogP contribution is -2.14. The van der Waals surface area contributed by atoms with Crippen LogP contribution in [0.25, 0.3) is 0 Å². The highest BCUT2D eigenvalue weighted by atomic mass is 79.9. The van der Waals surface area contributed by atoms with Gasteiger partial charge in [0.15, 0.2) is 0 Å². The number of rotatable bonds is 2. The third kappa shape index (κ3) is 2.50. The van der Waals surface area contributed by atoms with Gasteiger partial charge in [-0.15, -0.1) is 0 Å². The number of amides is 1. The minimum atomic E-state index is -0.340. The Morgan fingerprint density at radius 1 is 1.35 bits per heavy atom. The van der Waals surface area contributed by atoms with Crippen molar-refractivity contribution in [2.45, 2.75) is 0 Å². The Hall–Kier alpha value is -1.34. The van der Waals surface area contributed by atoms with E-state index in [2.05, 4.69) is 47.4 Å². The molecular weight excluding hydrogens is 352 g/mol. The number of halogens is 2. The summed E-state index contributed by atoms with van der Waals surface area (Å²) in [6.45, 7) is 0. The summed E-state index contributed by atoms with van der Waals surface area (Å²) in [4.78, 5) is 11.9. The highest BCUT2D eigenvalue weighted by Crippen LogP contribution is 2.30. The quantitative estimate of drug-likeness (QED) is 0.770. The molecule has 0 atom stereocenters. The van der Waals surface area contributed by atoms with Crippen LogP contribution in [0.5, 0.6) is 0 Å². The molecule has 0 radical (unpaired) electrons. The predicted molar refractivity (Wildman–Crippen MR) is 72.8 cm³/mol. The van der Waals surface area contributed by atoms with E-state index < -0.39 is 0 Å². The normalized spacial score (nSPS) is 10.2. The van der Waals surface area contributed by atoms with Crippen LogP contribution in [0.1, 0.15) is 10.5 Å². The fraction of sp³-hybridized carbons (Fsp3) is 0. The number of hydrogen-bond donors (Lipinski definition) is 3. The molecule has 1 amide bonds. The maximum Gasteiger partial charge on any atom is 0.275 e. The lowest BCUT2D eigenvalue weighted by molar-refractivity contribution is 0.102. The van der Waals surface area contributed by atoms with Crippen molar-refractivity contribution >= 4 is 49.1 Å². The summed E-state index contributed by atoms with van der Waals surface area (Å²) in [7, 11) is 0. The smallest absolute Gasteiger partial charge is 0.275 e. The monoisotopic (exact) mass is 358 g/mol. The summed E-state index contributed by atoms with van der Waals surface area (Å²) in [6, 6.07) is 5.52. The fourth-order valence-corrected chi connectivity index (χ4v) is 2.47. The number of aromatic nitrogens is 2. The van der Waals surface area contributed by atoms with Crippen LogP contribution < -0.4 is 11.1 Å². The molecule has 88 valence electrons. The van der Waals surface area contributed by atoms with Crippen molar-refractivity contribution in [2.24, 2.45) is 0 Å². The summed E-state index contributed by atoms with van der Waals surface area (Å²) in [5.74, 6) is -0.340. The van der Waals surface area contributed by atoms with Crippen LogP contribution in [0.15, 0.2) is 33.3 Å². The van der Waals surface area contributed by atoms with Gasteiger partial charge in [0.25, 0.3) is 5.91 Å². The Morgan fingerprint density at radius 2 is 2.00 bits per heavy atom. The van der Waals surface area contributed by atoms with Gasteiger partial charge in [-0.2, -0.15) is 5.10 Å². The number of benzene rings is 1. The number of para-hydroxylation sites is 1. The molecule has 0 saturated carbocycles. The number of H-pyrrole nitrogens is 1. The van der Waals surface area contributed by atoms with E-state index in [1.54, 1.807) is 0 Å². The molecule has 2 aromatic rings. The maximum atomic E-state index is 11.9. The van der Waals surface area contributed by atoms with E-state index in [0.29, 0.717) is 11.4 Å². The second-order valence-electron chi connectivity index (χ2n) is 3.25. The largest absolute Gasteiger partial charge is 0.396 e. The van der Waals surface area contributed by atoms with Crippen molar-refractivity contribution in [2.75, 3.05) is 11.1 Å². The van der Waals surface area contributed by atoms with E-state index in [-0.39, 0.29) is 11.6 Å². The number of anilines is 2. The van der Waals surface area contributed by atoms with Gasteiger partial charge in [-0.3, -0.25) is 9.89 Å². The Labute approximate surface area is 114 Å². The van der Waals surface area contributed by atoms with Gasteiger partial charge < -0.3 is 11.1 Å². The van der Waals surface area contributed by atoms with Crippen LogP contribution in [0.4, 0.5) is 11.4 Å². The van der Waals surface area contributed by atoms with E-state index >= 15 is 0 Å². The van der Waals surface area contributed by atoms with Crippen LogP contribution in [0.3, 0.4) is 0 Å². The molecule has 17 heavy (non-hydrogen) atoms. The summed E-state index contributed by atoms with van der Waals surface area (Å²) >= 11 is 6.71. The Kier molecular flexibility index (Phi) is 3.49. The minimum absolute atomic E-state index is 0.243. The van der Waals surface area contributed by atoms with Crippen molar-refractivity contribution in [3.8, 4) is 0 Å². The molecule has 7 heteroatoms. The van der Waals surface area contributed by atoms with Crippen molar-refractivity contribution in [1.29, 1.82) is 0 Å². The molecule has 0 saturated heterocycles. The Morgan fingerprint density at radius 3 is 2.53 bits per heavy atom. The molecule has 4 N–H and O–H groups in total. The van der Waals surface area contributed by atoms with E-state index in [1.165, 1.54) is 6.20 Å². The van der Waals surface area contributed by atoms with Gasteiger partial charge in [0.2, 0.25) is 0 Å². The first-order chi connectivity index (χ1) is 8.09. The number of hydrogen-bond acceptors (Lipinski definition) is 3. The fourth-order valence-electron chi connectivity index (χ4n) is 1.27. The first-order valence-electron chi connectivity index (χ1n) is 4.64. The molecular formula is C10H8Br2N4O. The van der Waals surface area contributed by atoms with Crippen LogP contribution in [0.2, 0.25) is 0 Å². The van der Waals surface area contributed by atoms with Gasteiger partial charge in [0, 0.05) is 8.95 Å². The molecule has 0 aliphatic rings. The minimum Gasteiger partial charge on any atom is -0.396 e. The number of carbonyl (C=O) groups is 1. The topological polar surface area (TPSA) is 83.8 Å². The van der Waals surface area contributed by atoms with Gasteiger partial charge in [-0.05, 0) is 44.0 Å². The molecule has 0 aliphatic heterocycles. The predicted octanol–water partition coefficient (Wildman–Crippen LogP) is 2.77. The third-order valence-electron chi connectivity index (χ3n) is 2.10. The zero-order valence-corrected chi connectivity index (χ0v) is 11.7. The first kappa shape index (κ1) is 12.1. The van der Waals surface area contributed by atoms with Gasteiger partial charge in [0.05, 0.1) is 17.6 Å². The summed E-state index contributed by atoms with van der Waals surface area (Å²) in [6.07, 6.45) is 1.39.